The van der Waals surface area contributed by atoms with Crippen molar-refractivity contribution in [3.8, 4) is 6.07 Å². The van der Waals surface area contributed by atoms with Gasteiger partial charge in [-0.15, -0.1) is 0 Å². The van der Waals surface area contributed by atoms with Gasteiger partial charge in [-0.05, 0) is 31.6 Å². The number of nitriles is 1. The summed E-state index contributed by atoms with van der Waals surface area (Å²) in [6.45, 7) is 7.80. The zero-order chi connectivity index (χ0) is 11.4. The smallest absolute Gasteiger partial charge is 0.239 e. The van der Waals surface area contributed by atoms with E-state index >= 15 is 0 Å². The highest BCUT2D eigenvalue weighted by Gasteiger charge is 2.26. The zero-order valence-corrected chi connectivity index (χ0v) is 9.86. The van der Waals surface area contributed by atoms with E-state index in [1.54, 1.807) is 6.92 Å². The minimum Gasteiger partial charge on any atom is -0.342 e. The van der Waals surface area contributed by atoms with Crippen LogP contribution in [-0.2, 0) is 4.79 Å². The SMILES string of the molecule is CC(C#N)C(=O)N1CCC(C(C)C)CC1. The predicted molar refractivity (Wildman–Crippen MR) is 58.9 cm³/mol. The van der Waals surface area contributed by atoms with Gasteiger partial charge in [-0.1, -0.05) is 13.8 Å². The molecule has 3 nitrogen and oxygen atoms in total. The molecular formula is C12H20N2O. The number of amides is 1. The average Bonchev–Trinajstić information content (AvgIpc) is 2.27. The predicted octanol–water partition coefficient (Wildman–Crippen LogP) is 2.04. The fourth-order valence-electron chi connectivity index (χ4n) is 2.12. The van der Waals surface area contributed by atoms with Crippen molar-refractivity contribution in [1.29, 1.82) is 5.26 Å². The molecule has 0 saturated carbocycles. The van der Waals surface area contributed by atoms with E-state index in [1.165, 1.54) is 0 Å². The first kappa shape index (κ1) is 12.0. The molecule has 1 heterocycles. The molecule has 1 unspecified atom stereocenters. The number of carbonyl (C=O) groups excluding carboxylic acids is 1. The third-order valence-electron chi connectivity index (χ3n) is 3.36. The fraction of sp³-hybridized carbons (Fsp3) is 0.833. The van der Waals surface area contributed by atoms with Gasteiger partial charge in [0, 0.05) is 13.1 Å². The molecule has 1 rings (SSSR count). The second kappa shape index (κ2) is 5.16. The first-order chi connectivity index (χ1) is 7.06. The Morgan fingerprint density at radius 2 is 1.87 bits per heavy atom. The number of nitrogens with zero attached hydrogens (tertiary/aromatic N) is 2. The standard InChI is InChI=1S/C12H20N2O/c1-9(2)11-4-6-14(7-5-11)12(15)10(3)8-13/h9-11H,4-7H2,1-3H3. The summed E-state index contributed by atoms with van der Waals surface area (Å²) in [5, 5.41) is 8.68. The Labute approximate surface area is 92.1 Å². The highest BCUT2D eigenvalue weighted by Crippen LogP contribution is 2.24. The van der Waals surface area contributed by atoms with Crippen LogP contribution in [0.4, 0.5) is 0 Å². The lowest BCUT2D eigenvalue weighted by Crippen LogP contribution is -2.41. The third kappa shape index (κ3) is 2.95. The fourth-order valence-corrected chi connectivity index (χ4v) is 2.12. The number of hydrogen-bond donors (Lipinski definition) is 0. The number of likely N-dealkylation sites (tertiary alicyclic amines) is 1. The lowest BCUT2D eigenvalue weighted by atomic mass is 9.86. The largest absolute Gasteiger partial charge is 0.342 e. The van der Waals surface area contributed by atoms with Gasteiger partial charge in [0.15, 0.2) is 0 Å². The minimum absolute atomic E-state index is 0.000272. The van der Waals surface area contributed by atoms with Crippen LogP contribution in [-0.4, -0.2) is 23.9 Å². The Balaban J connectivity index is 2.44. The van der Waals surface area contributed by atoms with Crippen molar-refractivity contribution in [1.82, 2.24) is 4.90 Å². The molecule has 0 aromatic heterocycles. The van der Waals surface area contributed by atoms with Crippen LogP contribution in [0.2, 0.25) is 0 Å². The molecular weight excluding hydrogens is 188 g/mol. The summed E-state index contributed by atoms with van der Waals surface area (Å²) in [7, 11) is 0. The molecule has 1 amide bonds. The van der Waals surface area contributed by atoms with Crippen molar-refractivity contribution in [2.24, 2.45) is 17.8 Å². The summed E-state index contributed by atoms with van der Waals surface area (Å²) < 4.78 is 0. The van der Waals surface area contributed by atoms with Crippen LogP contribution in [0.3, 0.4) is 0 Å². The number of carbonyl (C=O) groups is 1. The monoisotopic (exact) mass is 208 g/mol. The molecule has 0 radical (unpaired) electrons. The molecule has 1 aliphatic heterocycles. The van der Waals surface area contributed by atoms with Crippen LogP contribution in [0.25, 0.3) is 0 Å². The molecule has 0 spiro atoms. The van der Waals surface area contributed by atoms with Crippen LogP contribution < -0.4 is 0 Å². The summed E-state index contributed by atoms with van der Waals surface area (Å²) in [5.74, 6) is 0.961. The molecule has 3 heteroatoms. The van der Waals surface area contributed by atoms with Gasteiger partial charge in [-0.25, -0.2) is 0 Å². The Hall–Kier alpha value is -1.04. The van der Waals surface area contributed by atoms with Gasteiger partial charge in [-0.2, -0.15) is 5.26 Å². The Morgan fingerprint density at radius 1 is 1.33 bits per heavy atom. The van der Waals surface area contributed by atoms with Gasteiger partial charge in [0.1, 0.15) is 5.92 Å². The van der Waals surface area contributed by atoms with E-state index in [9.17, 15) is 4.79 Å². The third-order valence-corrected chi connectivity index (χ3v) is 3.36. The maximum Gasteiger partial charge on any atom is 0.239 e. The summed E-state index contributed by atoms with van der Waals surface area (Å²) in [6.07, 6.45) is 2.17. The molecule has 1 saturated heterocycles. The van der Waals surface area contributed by atoms with Gasteiger partial charge in [-0.3, -0.25) is 4.79 Å². The Kier molecular flexibility index (Phi) is 4.14. The normalized spacial score (nSPS) is 20.1. The topological polar surface area (TPSA) is 44.1 Å². The molecule has 1 fully saturated rings. The van der Waals surface area contributed by atoms with Crippen molar-refractivity contribution in [2.75, 3.05) is 13.1 Å². The molecule has 0 N–H and O–H groups in total. The van der Waals surface area contributed by atoms with Crippen LogP contribution >= 0.6 is 0 Å². The van der Waals surface area contributed by atoms with Gasteiger partial charge < -0.3 is 4.90 Å². The van der Waals surface area contributed by atoms with Crippen LogP contribution in [0, 0.1) is 29.1 Å². The maximum absolute atomic E-state index is 11.7. The van der Waals surface area contributed by atoms with Gasteiger partial charge in [0.05, 0.1) is 6.07 Å². The van der Waals surface area contributed by atoms with Crippen molar-refractivity contribution < 1.29 is 4.79 Å². The second-order valence-electron chi connectivity index (χ2n) is 4.76. The summed E-state index contributed by atoms with van der Waals surface area (Å²) in [4.78, 5) is 13.5. The van der Waals surface area contributed by atoms with Crippen molar-refractivity contribution in [3.05, 3.63) is 0 Å². The van der Waals surface area contributed by atoms with E-state index in [0.717, 1.165) is 31.8 Å². The molecule has 0 aromatic carbocycles. The molecule has 1 atom stereocenters. The highest BCUT2D eigenvalue weighted by atomic mass is 16.2. The Bertz CT molecular complexity index is 259. The molecule has 84 valence electrons. The quantitative estimate of drug-likeness (QED) is 0.697. The highest BCUT2D eigenvalue weighted by molar-refractivity contribution is 5.80. The van der Waals surface area contributed by atoms with E-state index in [4.69, 9.17) is 5.26 Å². The summed E-state index contributed by atoms with van der Waals surface area (Å²) in [6, 6.07) is 2.00. The van der Waals surface area contributed by atoms with Gasteiger partial charge in [0.25, 0.3) is 0 Å². The van der Waals surface area contributed by atoms with E-state index in [1.807, 2.05) is 11.0 Å². The first-order valence-corrected chi connectivity index (χ1v) is 5.74. The number of hydrogen-bond acceptors (Lipinski definition) is 2. The van der Waals surface area contributed by atoms with Crippen LogP contribution in [0.1, 0.15) is 33.6 Å². The van der Waals surface area contributed by atoms with Gasteiger partial charge in [0.2, 0.25) is 5.91 Å². The molecule has 0 aromatic rings. The van der Waals surface area contributed by atoms with Crippen molar-refractivity contribution in [3.63, 3.8) is 0 Å². The summed E-state index contributed by atoms with van der Waals surface area (Å²) in [5.41, 5.74) is 0. The van der Waals surface area contributed by atoms with E-state index in [0.29, 0.717) is 5.92 Å². The maximum atomic E-state index is 11.7. The van der Waals surface area contributed by atoms with Crippen molar-refractivity contribution >= 4 is 5.91 Å². The first-order valence-electron chi connectivity index (χ1n) is 5.74. The minimum atomic E-state index is -0.486. The molecule has 0 aliphatic carbocycles. The van der Waals surface area contributed by atoms with Crippen molar-refractivity contribution in [2.45, 2.75) is 33.6 Å². The second-order valence-corrected chi connectivity index (χ2v) is 4.76. The Morgan fingerprint density at radius 3 is 2.27 bits per heavy atom. The van der Waals surface area contributed by atoms with Crippen LogP contribution in [0.15, 0.2) is 0 Å². The van der Waals surface area contributed by atoms with E-state index < -0.39 is 5.92 Å². The lowest BCUT2D eigenvalue weighted by molar-refractivity contribution is -0.134. The molecule has 15 heavy (non-hydrogen) atoms. The van der Waals surface area contributed by atoms with Crippen LogP contribution in [0.5, 0.6) is 0 Å². The van der Waals surface area contributed by atoms with E-state index in [2.05, 4.69) is 13.8 Å². The number of rotatable bonds is 2. The van der Waals surface area contributed by atoms with E-state index in [-0.39, 0.29) is 5.91 Å². The zero-order valence-electron chi connectivity index (χ0n) is 9.86. The average molecular weight is 208 g/mol. The van der Waals surface area contributed by atoms with Gasteiger partial charge >= 0.3 is 0 Å². The molecule has 0 bridgehead atoms. The lowest BCUT2D eigenvalue weighted by Gasteiger charge is -2.34. The summed E-state index contributed by atoms with van der Waals surface area (Å²) >= 11 is 0. The number of piperidine rings is 1. The molecule has 1 aliphatic rings.